The fourth-order valence-corrected chi connectivity index (χ4v) is 3.24. The number of hydrogen-bond acceptors (Lipinski definition) is 3. The van der Waals surface area contributed by atoms with Gasteiger partial charge in [0.1, 0.15) is 0 Å². The van der Waals surface area contributed by atoms with Crippen molar-refractivity contribution in [2.75, 3.05) is 6.54 Å². The molecule has 1 N–H and O–H groups in total. The average molecular weight is 313 g/mol. The van der Waals surface area contributed by atoms with E-state index in [4.69, 9.17) is 0 Å². The molecule has 0 fully saturated rings. The normalized spacial score (nSPS) is 19.0. The largest absolute Gasteiger partial charge is 0.350 e. The summed E-state index contributed by atoms with van der Waals surface area (Å²) in [4.78, 5) is 10.8. The van der Waals surface area contributed by atoms with E-state index in [1.54, 1.807) is 12.1 Å². The highest BCUT2D eigenvalue weighted by Gasteiger charge is 2.26. The summed E-state index contributed by atoms with van der Waals surface area (Å²) in [5.41, 5.74) is 3.70. The predicted octanol–water partition coefficient (Wildman–Crippen LogP) is 3.88. The van der Waals surface area contributed by atoms with Crippen LogP contribution in [0.25, 0.3) is 16.5 Å². The first-order valence-electron chi connectivity index (χ1n) is 7.95. The first-order valence-corrected chi connectivity index (χ1v) is 7.95. The first-order chi connectivity index (χ1) is 10.8. The van der Waals surface area contributed by atoms with E-state index >= 15 is 0 Å². The highest BCUT2D eigenvalue weighted by atomic mass is 16.6. The van der Waals surface area contributed by atoms with Crippen molar-refractivity contribution in [2.45, 2.75) is 33.2 Å². The SMILES string of the molecule is Cn1cc(C2=CC(C(C)(C)C)NCC2)c2cc([N+](=O)[O-])ccc21. The van der Waals surface area contributed by atoms with E-state index in [2.05, 4.69) is 38.4 Å². The summed E-state index contributed by atoms with van der Waals surface area (Å²) in [7, 11) is 1.99. The Hall–Kier alpha value is -2.14. The van der Waals surface area contributed by atoms with Crippen LogP contribution in [0.15, 0.2) is 30.5 Å². The Morgan fingerprint density at radius 2 is 2.09 bits per heavy atom. The first kappa shape index (κ1) is 15.7. The van der Waals surface area contributed by atoms with Gasteiger partial charge in [0.25, 0.3) is 5.69 Å². The number of nitro groups is 1. The van der Waals surface area contributed by atoms with Crippen LogP contribution in [0.1, 0.15) is 32.8 Å². The molecule has 0 spiro atoms. The molecule has 1 aromatic carbocycles. The summed E-state index contributed by atoms with van der Waals surface area (Å²) >= 11 is 0. The van der Waals surface area contributed by atoms with E-state index in [0.717, 1.165) is 29.4 Å². The van der Waals surface area contributed by atoms with Crippen LogP contribution in [0.2, 0.25) is 0 Å². The third kappa shape index (κ3) is 2.88. The lowest BCUT2D eigenvalue weighted by molar-refractivity contribution is -0.384. The van der Waals surface area contributed by atoms with Gasteiger partial charge in [-0.1, -0.05) is 26.8 Å². The second-order valence-electron chi connectivity index (χ2n) is 7.35. The minimum Gasteiger partial charge on any atom is -0.350 e. The molecule has 2 aromatic rings. The molecular weight excluding hydrogens is 290 g/mol. The van der Waals surface area contributed by atoms with E-state index in [0.29, 0.717) is 6.04 Å². The number of nitrogens with zero attached hydrogens (tertiary/aromatic N) is 2. The summed E-state index contributed by atoms with van der Waals surface area (Å²) in [6.07, 6.45) is 5.32. The van der Waals surface area contributed by atoms with Crippen LogP contribution < -0.4 is 5.32 Å². The number of fused-ring (bicyclic) bond motifs is 1. The predicted molar refractivity (Wildman–Crippen MR) is 93.4 cm³/mol. The number of hydrogen-bond donors (Lipinski definition) is 1. The van der Waals surface area contributed by atoms with Gasteiger partial charge in [-0.3, -0.25) is 10.1 Å². The van der Waals surface area contributed by atoms with E-state index < -0.39 is 0 Å². The van der Waals surface area contributed by atoms with Gasteiger partial charge in [0.15, 0.2) is 0 Å². The second-order valence-corrected chi connectivity index (χ2v) is 7.35. The van der Waals surface area contributed by atoms with Gasteiger partial charge in [-0.25, -0.2) is 0 Å². The molecule has 0 saturated heterocycles. The maximum atomic E-state index is 11.1. The third-order valence-electron chi connectivity index (χ3n) is 4.59. The molecular formula is C18H23N3O2. The van der Waals surface area contributed by atoms with Crippen LogP contribution in [0.5, 0.6) is 0 Å². The van der Waals surface area contributed by atoms with Crippen molar-refractivity contribution in [3.63, 3.8) is 0 Å². The number of rotatable bonds is 2. The van der Waals surface area contributed by atoms with Crippen LogP contribution in [-0.2, 0) is 7.05 Å². The van der Waals surface area contributed by atoms with Gasteiger partial charge < -0.3 is 9.88 Å². The number of aromatic nitrogens is 1. The van der Waals surface area contributed by atoms with Crippen LogP contribution in [-0.4, -0.2) is 22.1 Å². The maximum absolute atomic E-state index is 11.1. The van der Waals surface area contributed by atoms with Gasteiger partial charge in [-0.15, -0.1) is 0 Å². The summed E-state index contributed by atoms with van der Waals surface area (Å²) in [6, 6.07) is 5.40. The molecule has 0 bridgehead atoms. The maximum Gasteiger partial charge on any atom is 0.270 e. The van der Waals surface area contributed by atoms with Crippen molar-refractivity contribution in [2.24, 2.45) is 12.5 Å². The van der Waals surface area contributed by atoms with Crippen molar-refractivity contribution in [1.82, 2.24) is 9.88 Å². The van der Waals surface area contributed by atoms with Crippen LogP contribution in [0.4, 0.5) is 5.69 Å². The standard InChI is InChI=1S/C18H23N3O2/c1-18(2,3)17-9-12(7-8-19-17)15-11-20(4)16-6-5-13(21(22)23)10-14(15)16/h5-6,9-11,17,19H,7-8H2,1-4H3. The fraction of sp³-hybridized carbons (Fsp3) is 0.444. The molecule has 0 radical (unpaired) electrons. The molecule has 122 valence electrons. The summed E-state index contributed by atoms with van der Waals surface area (Å²) in [6.45, 7) is 7.59. The van der Waals surface area contributed by atoms with E-state index in [1.165, 1.54) is 5.57 Å². The van der Waals surface area contributed by atoms with Crippen LogP contribution in [0.3, 0.4) is 0 Å². The van der Waals surface area contributed by atoms with Crippen molar-refractivity contribution >= 4 is 22.2 Å². The lowest BCUT2D eigenvalue weighted by atomic mass is 9.82. The Bertz CT molecular complexity index is 796. The zero-order valence-corrected chi connectivity index (χ0v) is 14.1. The molecule has 1 aromatic heterocycles. The number of aryl methyl sites for hydroxylation is 1. The highest BCUT2D eigenvalue weighted by Crippen LogP contribution is 2.34. The monoisotopic (exact) mass is 313 g/mol. The number of benzene rings is 1. The number of nitrogens with one attached hydrogen (secondary N) is 1. The lowest BCUT2D eigenvalue weighted by Crippen LogP contribution is -2.41. The zero-order chi connectivity index (χ0) is 16.8. The van der Waals surface area contributed by atoms with Gasteiger partial charge >= 0.3 is 0 Å². The van der Waals surface area contributed by atoms with E-state index in [-0.39, 0.29) is 16.0 Å². The van der Waals surface area contributed by atoms with Crippen molar-refractivity contribution in [1.29, 1.82) is 0 Å². The molecule has 5 heteroatoms. The van der Waals surface area contributed by atoms with Crippen molar-refractivity contribution < 1.29 is 4.92 Å². The average Bonchev–Trinajstić information content (AvgIpc) is 2.83. The molecule has 1 aliphatic heterocycles. The van der Waals surface area contributed by atoms with Gasteiger partial charge in [0.2, 0.25) is 0 Å². The minimum atomic E-state index is -0.328. The van der Waals surface area contributed by atoms with E-state index in [9.17, 15) is 10.1 Å². The van der Waals surface area contributed by atoms with Crippen LogP contribution >= 0.6 is 0 Å². The Kier molecular flexibility index (Phi) is 3.76. The highest BCUT2D eigenvalue weighted by molar-refractivity contribution is 5.94. The molecule has 0 aliphatic carbocycles. The molecule has 0 amide bonds. The summed E-state index contributed by atoms with van der Waals surface area (Å²) in [5, 5.41) is 15.6. The summed E-state index contributed by atoms with van der Waals surface area (Å²) in [5.74, 6) is 0. The second kappa shape index (κ2) is 5.49. The summed E-state index contributed by atoms with van der Waals surface area (Å²) < 4.78 is 2.05. The van der Waals surface area contributed by atoms with Crippen molar-refractivity contribution in [3.8, 4) is 0 Å². The van der Waals surface area contributed by atoms with Gasteiger partial charge in [-0.05, 0) is 30.0 Å². The Balaban J connectivity index is 2.14. The molecule has 23 heavy (non-hydrogen) atoms. The Labute approximate surface area is 136 Å². The van der Waals surface area contributed by atoms with Gasteiger partial charge in [-0.2, -0.15) is 0 Å². The molecule has 0 saturated carbocycles. The smallest absolute Gasteiger partial charge is 0.270 e. The van der Waals surface area contributed by atoms with Gasteiger partial charge in [0, 0.05) is 47.9 Å². The molecule has 3 rings (SSSR count). The lowest BCUT2D eigenvalue weighted by Gasteiger charge is -2.33. The third-order valence-corrected chi connectivity index (χ3v) is 4.59. The molecule has 1 atom stereocenters. The van der Waals surface area contributed by atoms with Crippen LogP contribution in [0, 0.1) is 15.5 Å². The molecule has 1 unspecified atom stereocenters. The number of non-ortho nitro benzene ring substituents is 1. The van der Waals surface area contributed by atoms with Crippen molar-refractivity contribution in [3.05, 3.63) is 46.1 Å². The zero-order valence-electron chi connectivity index (χ0n) is 14.1. The van der Waals surface area contributed by atoms with Gasteiger partial charge in [0.05, 0.1) is 4.92 Å². The van der Waals surface area contributed by atoms with E-state index in [1.807, 2.05) is 17.7 Å². The Morgan fingerprint density at radius 3 is 2.74 bits per heavy atom. The number of nitro benzene ring substituents is 1. The minimum absolute atomic E-state index is 0.141. The fourth-order valence-electron chi connectivity index (χ4n) is 3.24. The molecule has 5 nitrogen and oxygen atoms in total. The quantitative estimate of drug-likeness (QED) is 0.676. The topological polar surface area (TPSA) is 60.1 Å². The molecule has 2 heterocycles. The molecule has 1 aliphatic rings. The Morgan fingerprint density at radius 1 is 1.35 bits per heavy atom.